The minimum atomic E-state index is -0.640. The molecule has 160 valence electrons. The number of carbonyl (C=O) groups is 2. The molecule has 1 unspecified atom stereocenters. The van der Waals surface area contributed by atoms with Crippen LogP contribution in [0, 0.1) is 11.7 Å². The van der Waals surface area contributed by atoms with Gasteiger partial charge in [-0.15, -0.1) is 0 Å². The van der Waals surface area contributed by atoms with Crippen LogP contribution in [-0.2, 0) is 16.0 Å². The Morgan fingerprint density at radius 2 is 1.93 bits per heavy atom. The number of hydrogen-bond acceptors (Lipinski definition) is 5. The molecule has 0 aliphatic carbocycles. The van der Waals surface area contributed by atoms with E-state index < -0.39 is 11.8 Å². The highest BCUT2D eigenvalue weighted by Crippen LogP contribution is 2.28. The van der Waals surface area contributed by atoms with Crippen LogP contribution in [-0.4, -0.2) is 18.1 Å². The van der Waals surface area contributed by atoms with Crippen molar-refractivity contribution in [3.05, 3.63) is 59.4 Å². The molecule has 0 saturated heterocycles. The average molecular weight is 413 g/mol. The van der Waals surface area contributed by atoms with E-state index in [9.17, 15) is 14.0 Å². The van der Waals surface area contributed by atoms with Gasteiger partial charge in [-0.05, 0) is 48.9 Å². The van der Waals surface area contributed by atoms with Crippen molar-refractivity contribution in [1.82, 2.24) is 0 Å². The first-order valence-electron chi connectivity index (χ1n) is 10.1. The number of para-hydroxylation sites is 1. The number of esters is 1. The van der Waals surface area contributed by atoms with E-state index in [0.29, 0.717) is 12.8 Å². The summed E-state index contributed by atoms with van der Waals surface area (Å²) in [5.74, 6) is 3.42. The first-order chi connectivity index (χ1) is 14.4. The maximum absolute atomic E-state index is 14.2. The molecule has 2 aromatic rings. The van der Waals surface area contributed by atoms with E-state index in [1.807, 2.05) is 31.2 Å². The second-order valence-corrected chi connectivity index (χ2v) is 7.12. The SMILES string of the molecule is CCC(C)C(=O)Oc1cccc(F)c1NC(=O)CCCCc1ccc(/C=N/N)cc1. The van der Waals surface area contributed by atoms with Crippen molar-refractivity contribution in [2.75, 3.05) is 5.32 Å². The van der Waals surface area contributed by atoms with Gasteiger partial charge >= 0.3 is 5.97 Å². The standard InChI is InChI=1S/C23H28FN3O3/c1-3-16(2)23(29)30-20-9-6-8-19(24)22(20)27-21(28)10-5-4-7-17-11-13-18(14-12-17)15-26-25/h6,8-9,11-16H,3-5,7,10,25H2,1-2H3,(H,27,28)/b26-15+. The minimum Gasteiger partial charge on any atom is -0.424 e. The van der Waals surface area contributed by atoms with E-state index in [1.54, 1.807) is 13.1 Å². The van der Waals surface area contributed by atoms with Crippen LogP contribution in [0.15, 0.2) is 47.6 Å². The Hall–Kier alpha value is -3.22. The predicted molar refractivity (Wildman–Crippen MR) is 116 cm³/mol. The summed E-state index contributed by atoms with van der Waals surface area (Å²) < 4.78 is 19.5. The number of rotatable bonds is 10. The van der Waals surface area contributed by atoms with Gasteiger partial charge in [-0.2, -0.15) is 5.10 Å². The molecule has 1 amide bonds. The third-order valence-corrected chi connectivity index (χ3v) is 4.79. The smallest absolute Gasteiger partial charge is 0.314 e. The number of amides is 1. The lowest BCUT2D eigenvalue weighted by Crippen LogP contribution is -2.19. The van der Waals surface area contributed by atoms with Crippen LogP contribution in [0.3, 0.4) is 0 Å². The average Bonchev–Trinajstić information content (AvgIpc) is 2.74. The van der Waals surface area contributed by atoms with E-state index in [1.165, 1.54) is 18.2 Å². The molecule has 2 rings (SSSR count). The van der Waals surface area contributed by atoms with E-state index in [4.69, 9.17) is 10.6 Å². The van der Waals surface area contributed by atoms with E-state index in [0.717, 1.165) is 24.0 Å². The third kappa shape index (κ3) is 6.99. The van der Waals surface area contributed by atoms with Crippen LogP contribution in [0.4, 0.5) is 10.1 Å². The molecule has 0 aliphatic rings. The van der Waals surface area contributed by atoms with Crippen molar-refractivity contribution < 1.29 is 18.7 Å². The van der Waals surface area contributed by atoms with Gasteiger partial charge in [0.2, 0.25) is 5.91 Å². The van der Waals surface area contributed by atoms with Gasteiger partial charge < -0.3 is 15.9 Å². The monoisotopic (exact) mass is 413 g/mol. The number of nitrogens with two attached hydrogens (primary N) is 1. The number of halogens is 1. The third-order valence-electron chi connectivity index (χ3n) is 4.79. The number of aryl methyl sites for hydroxylation is 1. The number of ether oxygens (including phenoxy) is 1. The number of nitrogens with one attached hydrogen (secondary N) is 1. The van der Waals surface area contributed by atoms with Crippen molar-refractivity contribution in [3.8, 4) is 5.75 Å². The summed E-state index contributed by atoms with van der Waals surface area (Å²) in [7, 11) is 0. The van der Waals surface area contributed by atoms with Crippen molar-refractivity contribution in [3.63, 3.8) is 0 Å². The molecule has 0 fully saturated rings. The van der Waals surface area contributed by atoms with Gasteiger partial charge in [0, 0.05) is 6.42 Å². The van der Waals surface area contributed by atoms with E-state index >= 15 is 0 Å². The molecular formula is C23H28FN3O3. The highest BCUT2D eigenvalue weighted by Gasteiger charge is 2.18. The molecule has 30 heavy (non-hydrogen) atoms. The van der Waals surface area contributed by atoms with Crippen LogP contribution in [0.1, 0.15) is 50.7 Å². The molecule has 0 bridgehead atoms. The molecule has 0 aliphatic heterocycles. The fourth-order valence-corrected chi connectivity index (χ4v) is 2.76. The van der Waals surface area contributed by atoms with Gasteiger partial charge in [0.1, 0.15) is 5.69 Å². The van der Waals surface area contributed by atoms with Crippen molar-refractivity contribution in [2.45, 2.75) is 46.0 Å². The topological polar surface area (TPSA) is 93.8 Å². The lowest BCUT2D eigenvalue weighted by atomic mass is 10.1. The Kier molecular flexibility index (Phi) is 9.00. The predicted octanol–water partition coefficient (Wildman–Crippen LogP) is 4.42. The zero-order chi connectivity index (χ0) is 21.9. The summed E-state index contributed by atoms with van der Waals surface area (Å²) in [5, 5.41) is 6.03. The second kappa shape index (κ2) is 11.7. The number of unbranched alkanes of at least 4 members (excludes halogenated alkanes) is 1. The molecule has 0 saturated carbocycles. The quantitative estimate of drug-likeness (QED) is 0.151. The van der Waals surface area contributed by atoms with Gasteiger partial charge in [0.05, 0.1) is 12.1 Å². The number of hydrogen-bond donors (Lipinski definition) is 2. The Balaban J connectivity index is 1.86. The Morgan fingerprint density at radius 3 is 2.60 bits per heavy atom. The largest absolute Gasteiger partial charge is 0.424 e. The van der Waals surface area contributed by atoms with Gasteiger partial charge in [-0.25, -0.2) is 4.39 Å². The molecule has 0 aromatic heterocycles. The first kappa shape index (κ1) is 23.1. The highest BCUT2D eigenvalue weighted by atomic mass is 19.1. The molecule has 0 spiro atoms. The minimum absolute atomic E-state index is 0.0229. The van der Waals surface area contributed by atoms with E-state index in [2.05, 4.69) is 10.4 Å². The van der Waals surface area contributed by atoms with Gasteiger partial charge in [-0.1, -0.05) is 44.2 Å². The molecule has 1 atom stereocenters. The maximum Gasteiger partial charge on any atom is 0.314 e. The molecular weight excluding hydrogens is 385 g/mol. The molecule has 7 heteroatoms. The molecule has 6 nitrogen and oxygen atoms in total. The van der Waals surface area contributed by atoms with Gasteiger partial charge in [0.15, 0.2) is 11.6 Å². The van der Waals surface area contributed by atoms with Crippen LogP contribution in [0.2, 0.25) is 0 Å². The second-order valence-electron chi connectivity index (χ2n) is 7.12. The fraction of sp³-hybridized carbons (Fsp3) is 0.348. The Bertz CT molecular complexity index is 882. The van der Waals surface area contributed by atoms with Gasteiger partial charge in [-0.3, -0.25) is 9.59 Å². The van der Waals surface area contributed by atoms with Crippen molar-refractivity contribution in [1.29, 1.82) is 0 Å². The zero-order valence-electron chi connectivity index (χ0n) is 17.4. The molecule has 2 aromatic carbocycles. The zero-order valence-corrected chi connectivity index (χ0v) is 17.4. The molecule has 0 heterocycles. The molecule has 0 radical (unpaired) electrons. The fourth-order valence-electron chi connectivity index (χ4n) is 2.76. The van der Waals surface area contributed by atoms with Crippen LogP contribution in [0.5, 0.6) is 5.75 Å². The highest BCUT2D eigenvalue weighted by molar-refractivity contribution is 5.93. The number of carbonyl (C=O) groups excluding carboxylic acids is 2. The first-order valence-corrected chi connectivity index (χ1v) is 10.1. The van der Waals surface area contributed by atoms with Crippen LogP contribution in [0.25, 0.3) is 0 Å². The lowest BCUT2D eigenvalue weighted by Gasteiger charge is -2.14. The molecule has 3 N–H and O–H groups in total. The van der Waals surface area contributed by atoms with Gasteiger partial charge in [0.25, 0.3) is 0 Å². The summed E-state index contributed by atoms with van der Waals surface area (Å²) in [4.78, 5) is 24.3. The van der Waals surface area contributed by atoms with Crippen LogP contribution < -0.4 is 15.9 Å². The summed E-state index contributed by atoms with van der Waals surface area (Å²) in [5.41, 5.74) is 1.98. The number of hydrazone groups is 1. The number of benzene rings is 2. The van der Waals surface area contributed by atoms with Crippen molar-refractivity contribution >= 4 is 23.8 Å². The summed E-state index contributed by atoms with van der Waals surface area (Å²) in [6.45, 7) is 3.60. The lowest BCUT2D eigenvalue weighted by molar-refractivity contribution is -0.138. The maximum atomic E-state index is 14.2. The van der Waals surface area contributed by atoms with Crippen LogP contribution >= 0.6 is 0 Å². The number of anilines is 1. The number of nitrogens with zero attached hydrogens (tertiary/aromatic N) is 1. The Morgan fingerprint density at radius 1 is 1.20 bits per heavy atom. The summed E-state index contributed by atoms with van der Waals surface area (Å²) >= 11 is 0. The van der Waals surface area contributed by atoms with Crippen molar-refractivity contribution in [2.24, 2.45) is 16.9 Å². The van der Waals surface area contributed by atoms with E-state index in [-0.39, 0.29) is 29.7 Å². The summed E-state index contributed by atoms with van der Waals surface area (Å²) in [6, 6.07) is 12.0. The normalized spacial score (nSPS) is 12.0. The Labute approximate surface area is 176 Å². The summed E-state index contributed by atoms with van der Waals surface area (Å²) in [6.07, 6.45) is 4.71.